The minimum Gasteiger partial charge on any atom is -1.00 e. The van der Waals surface area contributed by atoms with E-state index in [-0.39, 0.29) is 62.0 Å². The minimum atomic E-state index is -1.28. The third kappa shape index (κ3) is 34.5. The number of allylic oxidation sites excluding steroid dienone is 2. The van der Waals surface area contributed by atoms with Crippen LogP contribution in [0.4, 0.5) is 4.79 Å². The smallest absolute Gasteiger partial charge is 1.00 e. The van der Waals surface area contributed by atoms with Gasteiger partial charge in [0.2, 0.25) is 0 Å². The quantitative estimate of drug-likeness (QED) is 0.0415. The van der Waals surface area contributed by atoms with Crippen LogP contribution in [0.15, 0.2) is 23.3 Å². The van der Waals surface area contributed by atoms with Crippen molar-refractivity contribution in [2.24, 2.45) is 35.5 Å². The van der Waals surface area contributed by atoms with Crippen molar-refractivity contribution in [3.05, 3.63) is 23.3 Å². The molecule has 0 amide bonds. The Balaban J connectivity index is -0.00000169. The van der Waals surface area contributed by atoms with Gasteiger partial charge in [-0.3, -0.25) is 0 Å². The van der Waals surface area contributed by atoms with Gasteiger partial charge in [0.15, 0.2) is 0 Å². The summed E-state index contributed by atoms with van der Waals surface area (Å²) < 4.78 is 9.38. The van der Waals surface area contributed by atoms with Crippen LogP contribution < -0.4 is 59.1 Å². The second-order valence-electron chi connectivity index (χ2n) is 15.8. The Labute approximate surface area is 344 Å². The molecule has 0 bridgehead atoms. The molecular formula is C41H76Na2O5. The van der Waals surface area contributed by atoms with Gasteiger partial charge >= 0.3 is 77.2 Å². The fraction of sp³-hybridized carbons (Fsp3) is 0.829. The van der Waals surface area contributed by atoms with Crippen molar-refractivity contribution in [2.75, 3.05) is 0 Å². The van der Waals surface area contributed by atoms with E-state index in [1.54, 1.807) is 0 Å². The molecule has 0 aromatic rings. The first kappa shape index (κ1) is 52.5. The van der Waals surface area contributed by atoms with E-state index in [0.29, 0.717) is 11.8 Å². The number of carbonyl (C=O) groups excluding carboxylic acids is 3. The van der Waals surface area contributed by atoms with Gasteiger partial charge in [-0.15, -0.1) is 0 Å². The van der Waals surface area contributed by atoms with E-state index in [4.69, 9.17) is 0 Å². The molecule has 0 spiro atoms. The second-order valence-corrected chi connectivity index (χ2v) is 15.8. The molecule has 5 nitrogen and oxygen atoms in total. The predicted octanol–water partition coefficient (Wildman–Crippen LogP) is 7.20. The van der Waals surface area contributed by atoms with Gasteiger partial charge in [-0.2, -0.15) is 0 Å². The van der Waals surface area contributed by atoms with E-state index in [1.807, 2.05) is 13.8 Å². The number of hydrogen-bond acceptors (Lipinski definition) is 5. The molecule has 0 rings (SSSR count). The molecule has 0 fully saturated rings. The molecule has 0 saturated carbocycles. The molecule has 0 heterocycles. The van der Waals surface area contributed by atoms with Gasteiger partial charge in [-0.05, 0) is 75.0 Å². The summed E-state index contributed by atoms with van der Waals surface area (Å²) in [6.45, 7) is 22.3. The maximum Gasteiger partial charge on any atom is 1.00 e. The minimum absolute atomic E-state index is 0. The maximum absolute atomic E-state index is 12.1. The molecular weight excluding hydrogens is 618 g/mol. The van der Waals surface area contributed by atoms with E-state index in [9.17, 15) is 14.4 Å². The zero-order valence-corrected chi connectivity index (χ0v) is 37.9. The molecule has 0 radical (unpaired) electrons. The van der Waals surface area contributed by atoms with E-state index in [2.05, 4.69) is 64.9 Å². The molecule has 0 aliphatic heterocycles. The van der Waals surface area contributed by atoms with Crippen LogP contribution in [0.1, 0.15) is 188 Å². The molecule has 0 saturated heterocycles. The van der Waals surface area contributed by atoms with Gasteiger partial charge in [0.1, 0.15) is 0 Å². The number of carbonyl (C=O) groups is 3. The summed E-state index contributed by atoms with van der Waals surface area (Å²) in [4.78, 5) is 36.2. The normalized spacial score (nSPS) is 14.5. The topological polar surface area (TPSA) is 69.7 Å². The van der Waals surface area contributed by atoms with Crippen LogP contribution in [0.5, 0.6) is 0 Å². The van der Waals surface area contributed by atoms with Gasteiger partial charge in [0.25, 0.3) is 0 Å². The van der Waals surface area contributed by atoms with Crippen LogP contribution in [-0.4, -0.2) is 18.1 Å². The van der Waals surface area contributed by atoms with Crippen molar-refractivity contribution in [2.45, 2.75) is 185 Å². The van der Waals surface area contributed by atoms with Crippen LogP contribution in [-0.2, 0) is 19.1 Å². The maximum atomic E-state index is 12.1. The van der Waals surface area contributed by atoms with Gasteiger partial charge < -0.3 is 12.3 Å². The van der Waals surface area contributed by atoms with E-state index < -0.39 is 18.1 Å². The summed E-state index contributed by atoms with van der Waals surface area (Å²) in [6.07, 6.45) is 22.8. The molecule has 4 atom stereocenters. The summed E-state index contributed by atoms with van der Waals surface area (Å²) in [7, 11) is 0. The summed E-state index contributed by atoms with van der Waals surface area (Å²) >= 11 is 0. The van der Waals surface area contributed by atoms with Crippen molar-refractivity contribution in [1.29, 1.82) is 0 Å². The van der Waals surface area contributed by atoms with Crippen molar-refractivity contribution < 1.29 is 85.8 Å². The first-order valence-corrected chi connectivity index (χ1v) is 19.0. The molecule has 0 aromatic heterocycles. The standard InChI is InChI=1S/C41H74O5.2Na.2H/c1-31(2)17-11-19-33(5)21-13-23-35(7)25-15-27-37(9)29-39(42)45-41(44)46-40(43)30-38(10)28-16-26-36(8)24-14-22-34(6)20-12-18-32(3)4;;;;/h29-36H,11-28H2,1-10H3;;;;/q;2*+1;2*-1/b37-29+,38-30+;;;;/t33-,34-,35-,36-;;;;/m1..../s1. The first-order chi connectivity index (χ1) is 21.7. The van der Waals surface area contributed by atoms with Gasteiger partial charge in [-0.1, -0.05) is 156 Å². The predicted molar refractivity (Wildman–Crippen MR) is 197 cm³/mol. The Morgan fingerprint density at radius 1 is 0.458 bits per heavy atom. The number of esters is 2. The zero-order valence-electron chi connectivity index (χ0n) is 35.9. The summed E-state index contributed by atoms with van der Waals surface area (Å²) in [5.74, 6) is 2.94. The first-order valence-electron chi connectivity index (χ1n) is 19.0. The molecule has 0 N–H and O–H groups in total. The molecule has 48 heavy (non-hydrogen) atoms. The Morgan fingerprint density at radius 2 is 0.708 bits per heavy atom. The molecule has 0 unspecified atom stereocenters. The van der Waals surface area contributed by atoms with Gasteiger partial charge in [0.05, 0.1) is 0 Å². The van der Waals surface area contributed by atoms with E-state index >= 15 is 0 Å². The van der Waals surface area contributed by atoms with Crippen molar-refractivity contribution in [1.82, 2.24) is 0 Å². The van der Waals surface area contributed by atoms with Crippen molar-refractivity contribution in [3.8, 4) is 0 Å². The average molecular weight is 695 g/mol. The summed E-state index contributed by atoms with van der Waals surface area (Å²) in [5.41, 5.74) is 1.72. The average Bonchev–Trinajstić information content (AvgIpc) is 2.92. The Morgan fingerprint density at radius 3 is 0.979 bits per heavy atom. The van der Waals surface area contributed by atoms with Gasteiger partial charge in [0, 0.05) is 12.2 Å². The van der Waals surface area contributed by atoms with Crippen molar-refractivity contribution in [3.63, 3.8) is 0 Å². The van der Waals surface area contributed by atoms with E-state index in [1.165, 1.54) is 89.2 Å². The van der Waals surface area contributed by atoms with Gasteiger partial charge in [-0.25, -0.2) is 14.4 Å². The van der Waals surface area contributed by atoms with Crippen LogP contribution in [0.2, 0.25) is 0 Å². The number of hydrogen-bond donors (Lipinski definition) is 0. The molecule has 0 aromatic carbocycles. The monoisotopic (exact) mass is 695 g/mol. The largest absolute Gasteiger partial charge is 1.00 e. The molecule has 7 heteroatoms. The molecule has 272 valence electrons. The third-order valence-corrected chi connectivity index (χ3v) is 9.38. The molecule has 0 aliphatic carbocycles. The molecule has 0 aliphatic rings. The third-order valence-electron chi connectivity index (χ3n) is 9.38. The van der Waals surface area contributed by atoms with Crippen LogP contribution in [0.25, 0.3) is 0 Å². The van der Waals surface area contributed by atoms with Crippen LogP contribution in [0.3, 0.4) is 0 Å². The zero-order chi connectivity index (χ0) is 34.9. The Bertz CT molecular complexity index is 837. The Hall–Kier alpha value is 0.0900. The van der Waals surface area contributed by atoms with Crippen LogP contribution >= 0.6 is 0 Å². The van der Waals surface area contributed by atoms with Crippen molar-refractivity contribution >= 4 is 18.1 Å². The summed E-state index contributed by atoms with van der Waals surface area (Å²) in [5, 5.41) is 0. The fourth-order valence-corrected chi connectivity index (χ4v) is 6.21. The summed E-state index contributed by atoms with van der Waals surface area (Å²) in [6, 6.07) is 0. The number of ether oxygens (including phenoxy) is 2. The fourth-order valence-electron chi connectivity index (χ4n) is 6.21. The Kier molecular flexibility index (Phi) is 36.0. The second kappa shape index (κ2) is 33.0. The van der Waals surface area contributed by atoms with E-state index in [0.717, 1.165) is 73.3 Å². The van der Waals surface area contributed by atoms with Crippen LogP contribution in [0, 0.1) is 35.5 Å². The SMILES string of the molecule is C/C(=C\C(=O)OC(=O)OC(=O)/C=C(\C)CCC[C@H](C)CCC[C@H](C)CCCC(C)C)CCC[C@H](C)CCC[C@H](C)CCCC(C)C.[H-].[H-].[Na+].[Na+]. The number of rotatable bonds is 26.